The van der Waals surface area contributed by atoms with Gasteiger partial charge in [0, 0.05) is 31.2 Å². The molecule has 1 aliphatic heterocycles. The van der Waals surface area contributed by atoms with Crippen LogP contribution in [0, 0.1) is 5.92 Å². The number of nitrogens with zero attached hydrogens (tertiary/aromatic N) is 1. The van der Waals surface area contributed by atoms with Gasteiger partial charge in [-0.3, -0.25) is 14.5 Å². The van der Waals surface area contributed by atoms with Gasteiger partial charge in [0.1, 0.15) is 0 Å². The Kier molecular flexibility index (Phi) is 7.69. The van der Waals surface area contributed by atoms with Gasteiger partial charge in [0.05, 0.1) is 6.54 Å². The molecule has 3 rings (SSSR count). The van der Waals surface area contributed by atoms with Gasteiger partial charge in [-0.2, -0.15) is 0 Å². The molecule has 2 fully saturated rings. The number of rotatable bonds is 7. The van der Waals surface area contributed by atoms with E-state index in [0.717, 1.165) is 44.0 Å². The fourth-order valence-corrected chi connectivity index (χ4v) is 4.27. The van der Waals surface area contributed by atoms with E-state index in [1.807, 2.05) is 30.3 Å². The van der Waals surface area contributed by atoms with Gasteiger partial charge >= 0.3 is 0 Å². The summed E-state index contributed by atoms with van der Waals surface area (Å²) in [4.78, 5) is 26.6. The van der Waals surface area contributed by atoms with E-state index in [2.05, 4.69) is 15.5 Å². The van der Waals surface area contributed by atoms with Crippen LogP contribution in [-0.2, 0) is 9.59 Å². The highest BCUT2D eigenvalue weighted by Crippen LogP contribution is 2.27. The topological polar surface area (TPSA) is 61.4 Å². The van der Waals surface area contributed by atoms with Crippen LogP contribution in [0.15, 0.2) is 30.3 Å². The number of benzene rings is 1. The smallest absolute Gasteiger partial charge is 0.238 e. The Morgan fingerprint density at radius 1 is 0.926 bits per heavy atom. The Hall–Kier alpha value is -1.88. The van der Waals surface area contributed by atoms with Gasteiger partial charge < -0.3 is 10.6 Å². The van der Waals surface area contributed by atoms with Crippen molar-refractivity contribution in [1.82, 2.24) is 10.2 Å². The zero-order valence-corrected chi connectivity index (χ0v) is 16.3. The van der Waals surface area contributed by atoms with Crippen LogP contribution < -0.4 is 10.6 Å². The highest BCUT2D eigenvalue weighted by atomic mass is 16.2. The largest absolute Gasteiger partial charge is 0.353 e. The van der Waals surface area contributed by atoms with Gasteiger partial charge in [-0.25, -0.2) is 0 Å². The van der Waals surface area contributed by atoms with Crippen molar-refractivity contribution in [3.63, 3.8) is 0 Å². The minimum atomic E-state index is 0.0242. The maximum atomic E-state index is 12.2. The summed E-state index contributed by atoms with van der Waals surface area (Å²) in [5.41, 5.74) is 0.836. The van der Waals surface area contributed by atoms with Gasteiger partial charge in [0.2, 0.25) is 11.8 Å². The molecule has 2 N–H and O–H groups in total. The summed E-state index contributed by atoms with van der Waals surface area (Å²) in [6.45, 7) is 2.13. The number of para-hydroxylation sites is 1. The SMILES string of the molecule is O=C(CN1CCC(NC(=O)CCC2CCCCC2)CC1)Nc1ccccc1. The van der Waals surface area contributed by atoms with E-state index in [1.165, 1.54) is 32.1 Å². The lowest BCUT2D eigenvalue weighted by Gasteiger charge is -2.32. The number of piperidine rings is 1. The third kappa shape index (κ3) is 6.98. The average Bonchev–Trinajstić information content (AvgIpc) is 2.69. The molecule has 2 amide bonds. The lowest BCUT2D eigenvalue weighted by molar-refractivity contribution is -0.123. The molecule has 5 nitrogen and oxygen atoms in total. The second kappa shape index (κ2) is 10.5. The summed E-state index contributed by atoms with van der Waals surface area (Å²) in [7, 11) is 0. The summed E-state index contributed by atoms with van der Waals surface area (Å²) in [6, 6.07) is 9.82. The minimum absolute atomic E-state index is 0.0242. The summed E-state index contributed by atoms with van der Waals surface area (Å²) < 4.78 is 0. The summed E-state index contributed by atoms with van der Waals surface area (Å²) in [5, 5.41) is 6.14. The number of amides is 2. The van der Waals surface area contributed by atoms with Crippen molar-refractivity contribution >= 4 is 17.5 Å². The maximum absolute atomic E-state index is 12.2. The van der Waals surface area contributed by atoms with Crippen LogP contribution in [0.1, 0.15) is 57.8 Å². The van der Waals surface area contributed by atoms with Crippen molar-refractivity contribution in [2.45, 2.75) is 63.8 Å². The van der Waals surface area contributed by atoms with Gasteiger partial charge in [0.25, 0.3) is 0 Å². The molecule has 0 bridgehead atoms. The first-order valence-corrected chi connectivity index (χ1v) is 10.6. The molecule has 0 aromatic heterocycles. The molecule has 1 aliphatic carbocycles. The number of hydrogen-bond donors (Lipinski definition) is 2. The Balaban J connectivity index is 1.30. The van der Waals surface area contributed by atoms with Crippen LogP contribution in [0.3, 0.4) is 0 Å². The van der Waals surface area contributed by atoms with Crippen LogP contribution >= 0.6 is 0 Å². The quantitative estimate of drug-likeness (QED) is 0.770. The molecular weight excluding hydrogens is 338 g/mol. The lowest BCUT2D eigenvalue weighted by atomic mass is 9.86. The van der Waals surface area contributed by atoms with Crippen molar-refractivity contribution in [2.75, 3.05) is 25.0 Å². The number of carbonyl (C=O) groups excluding carboxylic acids is 2. The molecule has 1 saturated heterocycles. The van der Waals surface area contributed by atoms with Crippen LogP contribution in [0.5, 0.6) is 0 Å². The van der Waals surface area contributed by atoms with Crippen molar-refractivity contribution in [3.05, 3.63) is 30.3 Å². The second-order valence-electron chi connectivity index (χ2n) is 8.07. The van der Waals surface area contributed by atoms with E-state index in [0.29, 0.717) is 13.0 Å². The highest BCUT2D eigenvalue weighted by Gasteiger charge is 2.22. The fraction of sp³-hybridized carbons (Fsp3) is 0.636. The maximum Gasteiger partial charge on any atom is 0.238 e. The molecule has 1 aromatic rings. The van der Waals surface area contributed by atoms with Crippen LogP contribution in [-0.4, -0.2) is 42.4 Å². The zero-order chi connectivity index (χ0) is 18.9. The predicted octanol–water partition coefficient (Wildman–Crippen LogP) is 3.57. The summed E-state index contributed by atoms with van der Waals surface area (Å²) in [6.07, 6.45) is 10.2. The predicted molar refractivity (Wildman–Crippen MR) is 108 cm³/mol. The Labute approximate surface area is 162 Å². The summed E-state index contributed by atoms with van der Waals surface area (Å²) in [5.74, 6) is 0.992. The lowest BCUT2D eigenvalue weighted by Crippen LogP contribution is -2.46. The first-order valence-electron chi connectivity index (χ1n) is 10.6. The summed E-state index contributed by atoms with van der Waals surface area (Å²) >= 11 is 0. The molecule has 1 saturated carbocycles. The van der Waals surface area contributed by atoms with Crippen molar-refractivity contribution in [2.24, 2.45) is 5.92 Å². The Bertz CT molecular complexity index is 591. The first kappa shape index (κ1) is 19.9. The molecule has 0 atom stereocenters. The molecular formula is C22H33N3O2. The van der Waals surface area contributed by atoms with E-state index in [9.17, 15) is 9.59 Å². The number of likely N-dealkylation sites (tertiary alicyclic amines) is 1. The van der Waals surface area contributed by atoms with Crippen molar-refractivity contribution in [3.8, 4) is 0 Å². The molecule has 1 aromatic carbocycles. The third-order valence-electron chi connectivity index (χ3n) is 5.88. The molecule has 0 spiro atoms. The molecule has 5 heteroatoms. The van der Waals surface area contributed by atoms with Gasteiger partial charge in [-0.1, -0.05) is 50.3 Å². The standard InChI is InChI=1S/C22H33N3O2/c26-21(12-11-18-7-3-1-4-8-18)23-20-13-15-25(16-14-20)17-22(27)24-19-9-5-2-6-10-19/h2,5-6,9-10,18,20H,1,3-4,7-8,11-17H2,(H,23,26)(H,24,27). The number of carbonyl (C=O) groups is 2. The molecule has 1 heterocycles. The molecule has 0 radical (unpaired) electrons. The van der Waals surface area contributed by atoms with Crippen LogP contribution in [0.4, 0.5) is 5.69 Å². The number of anilines is 1. The number of nitrogens with one attached hydrogen (secondary N) is 2. The van der Waals surface area contributed by atoms with Gasteiger partial charge in [-0.15, -0.1) is 0 Å². The van der Waals surface area contributed by atoms with E-state index in [1.54, 1.807) is 0 Å². The highest BCUT2D eigenvalue weighted by molar-refractivity contribution is 5.92. The monoisotopic (exact) mass is 371 g/mol. The first-order chi connectivity index (χ1) is 13.2. The normalized spacial score (nSPS) is 19.6. The van der Waals surface area contributed by atoms with Gasteiger partial charge in [-0.05, 0) is 37.3 Å². The van der Waals surface area contributed by atoms with E-state index in [-0.39, 0.29) is 17.9 Å². The van der Waals surface area contributed by atoms with Crippen LogP contribution in [0.2, 0.25) is 0 Å². The fourth-order valence-electron chi connectivity index (χ4n) is 4.27. The van der Waals surface area contributed by atoms with E-state index >= 15 is 0 Å². The third-order valence-corrected chi connectivity index (χ3v) is 5.88. The average molecular weight is 372 g/mol. The Morgan fingerprint density at radius 2 is 1.63 bits per heavy atom. The second-order valence-corrected chi connectivity index (χ2v) is 8.07. The zero-order valence-electron chi connectivity index (χ0n) is 16.3. The number of hydrogen-bond acceptors (Lipinski definition) is 3. The van der Waals surface area contributed by atoms with E-state index < -0.39 is 0 Å². The Morgan fingerprint density at radius 3 is 2.33 bits per heavy atom. The van der Waals surface area contributed by atoms with Gasteiger partial charge in [0.15, 0.2) is 0 Å². The van der Waals surface area contributed by atoms with Crippen molar-refractivity contribution in [1.29, 1.82) is 0 Å². The minimum Gasteiger partial charge on any atom is -0.353 e. The molecule has 27 heavy (non-hydrogen) atoms. The molecule has 148 valence electrons. The van der Waals surface area contributed by atoms with Crippen LogP contribution in [0.25, 0.3) is 0 Å². The van der Waals surface area contributed by atoms with E-state index in [4.69, 9.17) is 0 Å². The van der Waals surface area contributed by atoms with Crippen molar-refractivity contribution < 1.29 is 9.59 Å². The molecule has 0 unspecified atom stereocenters. The molecule has 2 aliphatic rings.